The number of hydrogen-bond acceptors (Lipinski definition) is 3. The predicted molar refractivity (Wildman–Crippen MR) is 54.4 cm³/mol. The molecule has 0 radical (unpaired) electrons. The molecule has 1 aromatic rings. The van der Waals surface area contributed by atoms with Gasteiger partial charge in [0.1, 0.15) is 4.88 Å². The van der Waals surface area contributed by atoms with Crippen molar-refractivity contribution in [3.8, 4) is 11.8 Å². The van der Waals surface area contributed by atoms with E-state index in [1.54, 1.807) is 0 Å². The molecule has 0 bridgehead atoms. The number of carboxylic acids is 1. The van der Waals surface area contributed by atoms with Crippen molar-refractivity contribution in [3.05, 3.63) is 16.1 Å². The molecule has 3 nitrogen and oxygen atoms in total. The van der Waals surface area contributed by atoms with Crippen LogP contribution in [0.3, 0.4) is 0 Å². The second kappa shape index (κ2) is 5.00. The molecular weight excluding hydrogens is 254 g/mol. The number of carboxylic acid groups (broad SMARTS) is 1. The normalized spacial score (nSPS) is 9.00. The minimum Gasteiger partial charge on any atom is -0.476 e. The van der Waals surface area contributed by atoms with Gasteiger partial charge in [0, 0.05) is 11.8 Å². The number of nitrogens with zero attached hydrogens (tertiary/aromatic N) is 1. The number of aromatic nitrogens is 1. The highest BCUT2D eigenvalue weighted by Gasteiger charge is 2.10. The summed E-state index contributed by atoms with van der Waals surface area (Å²) in [5, 5.41) is 9.47. The maximum atomic E-state index is 10.6. The van der Waals surface area contributed by atoms with Crippen molar-refractivity contribution in [2.75, 3.05) is 5.33 Å². The fraction of sp³-hybridized carbons (Fsp3) is 0.250. The van der Waals surface area contributed by atoms with E-state index in [1.165, 1.54) is 16.8 Å². The third kappa shape index (κ3) is 2.83. The summed E-state index contributed by atoms with van der Waals surface area (Å²) in [4.78, 5) is 14.8. The van der Waals surface area contributed by atoms with Gasteiger partial charge in [0.15, 0.2) is 5.69 Å². The van der Waals surface area contributed by atoms with Crippen LogP contribution in [0.4, 0.5) is 0 Å². The van der Waals surface area contributed by atoms with E-state index in [-0.39, 0.29) is 5.69 Å². The number of halogens is 1. The lowest BCUT2D eigenvalue weighted by molar-refractivity contribution is 0.0691. The van der Waals surface area contributed by atoms with Crippen molar-refractivity contribution >= 4 is 33.2 Å². The van der Waals surface area contributed by atoms with E-state index in [1.807, 2.05) is 0 Å². The molecule has 0 atom stereocenters. The van der Waals surface area contributed by atoms with Gasteiger partial charge in [-0.3, -0.25) is 0 Å². The molecule has 68 valence electrons. The van der Waals surface area contributed by atoms with Crippen molar-refractivity contribution in [1.82, 2.24) is 4.98 Å². The van der Waals surface area contributed by atoms with Crippen LogP contribution in [-0.2, 0) is 0 Å². The Morgan fingerprint density at radius 3 is 3.15 bits per heavy atom. The second-order valence-electron chi connectivity index (χ2n) is 2.08. The third-order valence-electron chi connectivity index (χ3n) is 1.19. The lowest BCUT2D eigenvalue weighted by Crippen LogP contribution is -1.98. The topological polar surface area (TPSA) is 50.2 Å². The highest BCUT2D eigenvalue weighted by atomic mass is 79.9. The molecule has 0 amide bonds. The standard InChI is InChI=1S/C8H6BrNO2S/c9-4-2-1-3-6-7(8(11)12)10-5-13-6/h5H,2,4H2,(H,11,12). The Balaban J connectivity index is 2.84. The molecule has 5 heteroatoms. The molecule has 0 aliphatic carbocycles. The van der Waals surface area contributed by atoms with E-state index in [9.17, 15) is 4.79 Å². The largest absolute Gasteiger partial charge is 0.476 e. The summed E-state index contributed by atoms with van der Waals surface area (Å²) in [6.07, 6.45) is 0.705. The van der Waals surface area contributed by atoms with Gasteiger partial charge in [-0.15, -0.1) is 11.3 Å². The van der Waals surface area contributed by atoms with Crippen LogP contribution in [0.2, 0.25) is 0 Å². The Kier molecular flexibility index (Phi) is 3.93. The molecule has 0 saturated heterocycles. The van der Waals surface area contributed by atoms with Crippen LogP contribution in [0.5, 0.6) is 0 Å². The van der Waals surface area contributed by atoms with E-state index in [2.05, 4.69) is 32.8 Å². The monoisotopic (exact) mass is 259 g/mol. The Labute approximate surface area is 87.9 Å². The number of thiazole rings is 1. The first-order valence-electron chi connectivity index (χ1n) is 3.47. The van der Waals surface area contributed by atoms with Crippen LogP contribution >= 0.6 is 27.3 Å². The van der Waals surface area contributed by atoms with Gasteiger partial charge in [-0.2, -0.15) is 0 Å². The minimum absolute atomic E-state index is 0.0482. The van der Waals surface area contributed by atoms with Gasteiger partial charge in [-0.25, -0.2) is 9.78 Å². The summed E-state index contributed by atoms with van der Waals surface area (Å²) < 4.78 is 0. The van der Waals surface area contributed by atoms with E-state index in [0.717, 1.165) is 5.33 Å². The molecule has 13 heavy (non-hydrogen) atoms. The van der Waals surface area contributed by atoms with Crippen molar-refractivity contribution in [2.24, 2.45) is 0 Å². The molecule has 1 rings (SSSR count). The van der Waals surface area contributed by atoms with Gasteiger partial charge in [0.25, 0.3) is 0 Å². The minimum atomic E-state index is -1.02. The van der Waals surface area contributed by atoms with E-state index in [4.69, 9.17) is 5.11 Å². The molecule has 1 heterocycles. The molecule has 1 N–H and O–H groups in total. The van der Waals surface area contributed by atoms with Gasteiger partial charge >= 0.3 is 5.97 Å². The average Bonchev–Trinajstić information content (AvgIpc) is 2.53. The third-order valence-corrected chi connectivity index (χ3v) is 2.33. The van der Waals surface area contributed by atoms with Crippen molar-refractivity contribution in [1.29, 1.82) is 0 Å². The average molecular weight is 260 g/mol. The molecule has 0 aromatic carbocycles. The molecule has 0 aliphatic rings. The van der Waals surface area contributed by atoms with E-state index in [0.29, 0.717) is 11.3 Å². The van der Waals surface area contributed by atoms with Gasteiger partial charge < -0.3 is 5.11 Å². The first kappa shape index (κ1) is 10.2. The van der Waals surface area contributed by atoms with Crippen LogP contribution in [0.1, 0.15) is 21.8 Å². The molecule has 0 spiro atoms. The number of carbonyl (C=O) groups is 1. The van der Waals surface area contributed by atoms with Crippen LogP contribution in [0.25, 0.3) is 0 Å². The van der Waals surface area contributed by atoms with Crippen molar-refractivity contribution in [3.63, 3.8) is 0 Å². The summed E-state index contributed by atoms with van der Waals surface area (Å²) in [7, 11) is 0. The number of alkyl halides is 1. The highest BCUT2D eigenvalue weighted by Crippen LogP contribution is 2.11. The molecule has 0 fully saturated rings. The van der Waals surface area contributed by atoms with Gasteiger partial charge in [-0.1, -0.05) is 27.8 Å². The number of hydrogen-bond donors (Lipinski definition) is 1. The van der Waals surface area contributed by atoms with Gasteiger partial charge in [0.05, 0.1) is 5.51 Å². The molecular formula is C8H6BrNO2S. The Morgan fingerprint density at radius 2 is 2.54 bits per heavy atom. The zero-order valence-corrected chi connectivity index (χ0v) is 8.98. The fourth-order valence-electron chi connectivity index (χ4n) is 0.677. The first-order chi connectivity index (χ1) is 6.25. The zero-order chi connectivity index (χ0) is 9.68. The lowest BCUT2D eigenvalue weighted by atomic mass is 10.3. The van der Waals surface area contributed by atoms with Crippen LogP contribution in [-0.4, -0.2) is 21.4 Å². The summed E-state index contributed by atoms with van der Waals surface area (Å²) in [5.74, 6) is 4.59. The fourth-order valence-corrected chi connectivity index (χ4v) is 1.52. The van der Waals surface area contributed by atoms with Gasteiger partial charge in [0.2, 0.25) is 0 Å². The van der Waals surface area contributed by atoms with Crippen molar-refractivity contribution in [2.45, 2.75) is 6.42 Å². The van der Waals surface area contributed by atoms with E-state index < -0.39 is 5.97 Å². The van der Waals surface area contributed by atoms with Crippen LogP contribution < -0.4 is 0 Å². The molecule has 1 aromatic heterocycles. The smallest absolute Gasteiger partial charge is 0.356 e. The predicted octanol–water partition coefficient (Wildman–Crippen LogP) is 1.98. The SMILES string of the molecule is O=C(O)c1ncsc1C#CCCBr. The molecule has 0 saturated carbocycles. The quantitative estimate of drug-likeness (QED) is 0.653. The number of rotatable bonds is 2. The Morgan fingerprint density at radius 1 is 1.77 bits per heavy atom. The lowest BCUT2D eigenvalue weighted by Gasteiger charge is -1.85. The first-order valence-corrected chi connectivity index (χ1v) is 5.47. The Bertz CT molecular complexity index is 364. The summed E-state index contributed by atoms with van der Waals surface area (Å²) in [6.45, 7) is 0. The zero-order valence-electron chi connectivity index (χ0n) is 6.58. The maximum Gasteiger partial charge on any atom is 0.356 e. The summed E-state index contributed by atoms with van der Waals surface area (Å²) in [5.41, 5.74) is 1.54. The highest BCUT2D eigenvalue weighted by molar-refractivity contribution is 9.09. The number of aromatic carboxylic acids is 1. The van der Waals surface area contributed by atoms with Crippen molar-refractivity contribution < 1.29 is 9.90 Å². The Hall–Kier alpha value is -0.860. The summed E-state index contributed by atoms with van der Waals surface area (Å²) >= 11 is 4.48. The van der Waals surface area contributed by atoms with Gasteiger partial charge in [-0.05, 0) is 0 Å². The molecule has 0 aliphatic heterocycles. The van der Waals surface area contributed by atoms with Crippen LogP contribution in [0.15, 0.2) is 5.51 Å². The summed E-state index contributed by atoms with van der Waals surface area (Å²) in [6, 6.07) is 0. The maximum absolute atomic E-state index is 10.6. The second-order valence-corrected chi connectivity index (χ2v) is 3.72. The molecule has 0 unspecified atom stereocenters. The van der Waals surface area contributed by atoms with Crippen LogP contribution in [0, 0.1) is 11.8 Å². The van der Waals surface area contributed by atoms with E-state index >= 15 is 0 Å².